The number of benzene rings is 3. The van der Waals surface area contributed by atoms with Gasteiger partial charge in [-0.2, -0.15) is 0 Å². The van der Waals surface area contributed by atoms with Gasteiger partial charge in [-0.25, -0.2) is 0 Å². The highest BCUT2D eigenvalue weighted by Crippen LogP contribution is 2.17. The van der Waals surface area contributed by atoms with Gasteiger partial charge in [0.15, 0.2) is 5.30 Å². The normalized spacial score (nSPS) is 10.4. The van der Waals surface area contributed by atoms with Gasteiger partial charge in [-0.3, -0.25) is 0 Å². The van der Waals surface area contributed by atoms with Crippen molar-refractivity contribution in [3.63, 3.8) is 0 Å². The van der Waals surface area contributed by atoms with Crippen molar-refractivity contribution >= 4 is 32.3 Å². The zero-order valence-electron chi connectivity index (χ0n) is 13.2. The topological polar surface area (TPSA) is 17.1 Å². The highest BCUT2D eigenvalue weighted by atomic mass is 31.1. The summed E-state index contributed by atoms with van der Waals surface area (Å²) in [6.07, 6.45) is 0.735. The van der Waals surface area contributed by atoms with E-state index < -0.39 is 7.80 Å². The summed E-state index contributed by atoms with van der Waals surface area (Å²) < 4.78 is 11.2. The van der Waals surface area contributed by atoms with Crippen LogP contribution in [-0.2, 0) is 4.57 Å². The summed E-state index contributed by atoms with van der Waals surface area (Å²) in [6, 6.07) is 30.7. The summed E-state index contributed by atoms with van der Waals surface area (Å²) in [4.78, 5) is 0. The molecule has 116 valence electrons. The van der Waals surface area contributed by atoms with Crippen LogP contribution in [0, 0.1) is 0 Å². The first-order valence-corrected chi connectivity index (χ1v) is 10.1. The summed E-state index contributed by atoms with van der Waals surface area (Å²) >= 11 is 0. The zero-order chi connectivity index (χ0) is 16.3. The maximum absolute atomic E-state index is 11.2. The molecule has 0 aromatic heterocycles. The Labute approximate surface area is 141 Å². The second kappa shape index (κ2) is 10.1. The molecule has 1 atom stereocenters. The Balaban J connectivity index is 0.000000174. The minimum absolute atomic E-state index is 0.735. The average Bonchev–Trinajstić information content (AvgIpc) is 2.64. The molecule has 0 aliphatic rings. The quantitative estimate of drug-likeness (QED) is 0.641. The van der Waals surface area contributed by atoms with Gasteiger partial charge >= 0.3 is 7.80 Å². The Morgan fingerprint density at radius 2 is 1.09 bits per heavy atom. The highest BCUT2D eigenvalue weighted by Gasteiger charge is 2.13. The van der Waals surface area contributed by atoms with Crippen LogP contribution in [0.25, 0.3) is 0 Å². The van der Waals surface area contributed by atoms with E-state index >= 15 is 0 Å². The van der Waals surface area contributed by atoms with Crippen molar-refractivity contribution < 1.29 is 4.57 Å². The van der Waals surface area contributed by atoms with E-state index in [1.807, 2.05) is 37.3 Å². The fourth-order valence-electron chi connectivity index (χ4n) is 1.99. The summed E-state index contributed by atoms with van der Waals surface area (Å²) in [6.45, 7) is 1.94. The van der Waals surface area contributed by atoms with Gasteiger partial charge in [0.1, 0.15) is 6.16 Å². The van der Waals surface area contributed by atoms with E-state index in [2.05, 4.69) is 60.7 Å². The van der Waals surface area contributed by atoms with Gasteiger partial charge in [-0.05, 0) is 29.7 Å². The van der Waals surface area contributed by atoms with Crippen molar-refractivity contribution in [3.05, 3.63) is 91.0 Å². The van der Waals surface area contributed by atoms with Crippen LogP contribution < -0.4 is 15.9 Å². The second-order valence-corrected chi connectivity index (χ2v) is 8.20. The van der Waals surface area contributed by atoms with Gasteiger partial charge in [0.05, 0.1) is 0 Å². The van der Waals surface area contributed by atoms with E-state index in [0.717, 1.165) is 20.0 Å². The molecule has 0 heterocycles. The van der Waals surface area contributed by atoms with Gasteiger partial charge in [0.25, 0.3) is 0 Å². The monoisotopic (exact) mass is 339 g/mol. The molecule has 1 unspecified atom stereocenters. The third-order valence-electron chi connectivity index (χ3n) is 3.17. The Kier molecular flexibility index (Phi) is 7.67. The molecule has 0 spiro atoms. The summed E-state index contributed by atoms with van der Waals surface area (Å²) in [5.41, 5.74) is 0. The predicted octanol–water partition coefficient (Wildman–Crippen LogP) is 4.48. The van der Waals surface area contributed by atoms with Crippen LogP contribution in [0.2, 0.25) is 0 Å². The fraction of sp³-hybridized carbons (Fsp3) is 0.100. The lowest BCUT2D eigenvalue weighted by molar-refractivity contribution is 0.594. The fourth-order valence-corrected chi connectivity index (χ4v) is 3.91. The molecule has 0 N–H and O–H groups in total. The molecule has 0 fully saturated rings. The first-order chi connectivity index (χ1) is 11.3. The number of hydrogen-bond donors (Lipinski definition) is 0. The maximum atomic E-state index is 11.2. The number of hydrogen-bond acceptors (Lipinski definition) is 1. The minimum atomic E-state index is -1.12. The lowest BCUT2D eigenvalue weighted by atomic mass is 10.4. The van der Waals surface area contributed by atoms with E-state index in [4.69, 9.17) is 0 Å². The van der Waals surface area contributed by atoms with Crippen LogP contribution in [0.1, 0.15) is 6.92 Å². The molecule has 0 aliphatic heterocycles. The van der Waals surface area contributed by atoms with Gasteiger partial charge in [0.2, 0.25) is 0 Å². The molecule has 0 bridgehead atoms. The highest BCUT2D eigenvalue weighted by molar-refractivity contribution is 7.55. The largest absolute Gasteiger partial charge is 0.376 e. The molecule has 1 nitrogen and oxygen atoms in total. The van der Waals surface area contributed by atoms with Gasteiger partial charge in [0, 0.05) is 0 Å². The van der Waals surface area contributed by atoms with Crippen LogP contribution in [0.15, 0.2) is 91.0 Å². The molecular formula is C20H21OP2+. The molecule has 0 saturated carbocycles. The standard InChI is InChI=1S/C12H11P.C8H10OP/c1-3-7-11(8-4-1)13-12-9-5-2-6-10-12;1-2-10(9)8-6-4-3-5-7-8/h1-10,13H;3-7H,2H2,1H3/q;+1. The van der Waals surface area contributed by atoms with Gasteiger partial charge in [-0.1, -0.05) is 92.0 Å². The lowest BCUT2D eigenvalue weighted by Crippen LogP contribution is -2.01. The Morgan fingerprint density at radius 1 is 0.696 bits per heavy atom. The molecular weight excluding hydrogens is 318 g/mol. The second-order valence-electron chi connectivity index (χ2n) is 4.89. The molecule has 0 amide bonds. The molecule has 0 aliphatic carbocycles. The molecule has 3 aromatic rings. The van der Waals surface area contributed by atoms with Crippen molar-refractivity contribution in [2.24, 2.45) is 0 Å². The molecule has 0 radical (unpaired) electrons. The van der Waals surface area contributed by atoms with Crippen LogP contribution in [0.4, 0.5) is 0 Å². The Bertz CT molecular complexity index is 660. The van der Waals surface area contributed by atoms with E-state index in [0.29, 0.717) is 0 Å². The van der Waals surface area contributed by atoms with Crippen molar-refractivity contribution in [2.45, 2.75) is 6.92 Å². The SMILES string of the molecule is CC[P+](=O)c1ccccc1.c1ccc(Pc2ccccc2)cc1. The van der Waals surface area contributed by atoms with Crippen LogP contribution in [-0.4, -0.2) is 6.16 Å². The smallest absolute Gasteiger partial charge is 0.0681 e. The van der Waals surface area contributed by atoms with Gasteiger partial charge in [-0.15, -0.1) is 0 Å². The average molecular weight is 339 g/mol. The summed E-state index contributed by atoms with van der Waals surface area (Å²) in [5, 5.41) is 3.75. The number of rotatable bonds is 4. The Morgan fingerprint density at radius 3 is 1.48 bits per heavy atom. The Hall–Kier alpha value is -1.81. The van der Waals surface area contributed by atoms with Gasteiger partial charge < -0.3 is 0 Å². The molecule has 23 heavy (non-hydrogen) atoms. The van der Waals surface area contributed by atoms with Crippen molar-refractivity contribution in [3.8, 4) is 0 Å². The maximum Gasteiger partial charge on any atom is 0.376 e. The minimum Gasteiger partial charge on any atom is -0.0681 e. The molecule has 0 saturated heterocycles. The van der Waals surface area contributed by atoms with Crippen LogP contribution in [0.3, 0.4) is 0 Å². The molecule has 3 rings (SSSR count). The zero-order valence-corrected chi connectivity index (χ0v) is 15.1. The van der Waals surface area contributed by atoms with Crippen LogP contribution >= 0.6 is 16.4 Å². The van der Waals surface area contributed by atoms with E-state index in [1.165, 1.54) is 10.6 Å². The first kappa shape index (κ1) is 17.5. The van der Waals surface area contributed by atoms with Crippen molar-refractivity contribution in [1.82, 2.24) is 0 Å². The third-order valence-corrected chi connectivity index (χ3v) is 5.86. The first-order valence-electron chi connectivity index (χ1n) is 7.66. The van der Waals surface area contributed by atoms with Crippen molar-refractivity contribution in [2.75, 3.05) is 6.16 Å². The lowest BCUT2D eigenvalue weighted by Gasteiger charge is -2.00. The van der Waals surface area contributed by atoms with E-state index in [1.54, 1.807) is 0 Å². The molecule has 3 aromatic carbocycles. The molecule has 3 heteroatoms. The van der Waals surface area contributed by atoms with E-state index in [-0.39, 0.29) is 0 Å². The summed E-state index contributed by atoms with van der Waals surface area (Å²) in [7, 11) is -0.347. The van der Waals surface area contributed by atoms with E-state index in [9.17, 15) is 4.57 Å². The van der Waals surface area contributed by atoms with Crippen molar-refractivity contribution in [1.29, 1.82) is 0 Å². The summed E-state index contributed by atoms with van der Waals surface area (Å²) in [5.74, 6) is 0. The predicted molar refractivity (Wildman–Crippen MR) is 105 cm³/mol. The van der Waals surface area contributed by atoms with Crippen LogP contribution in [0.5, 0.6) is 0 Å². The third kappa shape index (κ3) is 6.45.